The first kappa shape index (κ1) is 18.7. The Morgan fingerprint density at radius 3 is 2.84 bits per heavy atom. The number of ether oxygens (including phenoxy) is 1. The Balaban J connectivity index is 1.82. The zero-order valence-electron chi connectivity index (χ0n) is 14.2. The number of amides is 1. The average Bonchev–Trinajstić information content (AvgIpc) is 2.91. The largest absolute Gasteiger partial charge is 0.443 e. The summed E-state index contributed by atoms with van der Waals surface area (Å²) in [5.41, 5.74) is 5.77. The topological polar surface area (TPSA) is 83.0 Å². The van der Waals surface area contributed by atoms with Gasteiger partial charge in [-0.2, -0.15) is 0 Å². The standard InChI is InChI=1S/C17H22ClIN4O2/c1-2-3-6-17(25-16(20)24)7-4-11(5-8-17)23-9-12(19)13-14(18)21-10-22-15(13)23/h9-11H,2-8H2,1H3,(H2,20,24). The molecule has 1 aliphatic carbocycles. The zero-order chi connectivity index (χ0) is 18.0. The number of nitrogens with zero attached hydrogens (tertiary/aromatic N) is 3. The van der Waals surface area contributed by atoms with Crippen molar-refractivity contribution >= 4 is 51.3 Å². The molecule has 2 aromatic rings. The molecule has 0 atom stereocenters. The summed E-state index contributed by atoms with van der Waals surface area (Å²) in [6.07, 6.45) is 9.36. The highest BCUT2D eigenvalue weighted by atomic mass is 127. The van der Waals surface area contributed by atoms with Crippen molar-refractivity contribution in [2.24, 2.45) is 5.73 Å². The maximum Gasteiger partial charge on any atom is 0.405 e. The van der Waals surface area contributed by atoms with Gasteiger partial charge in [0.25, 0.3) is 0 Å². The number of fused-ring (bicyclic) bond motifs is 1. The van der Waals surface area contributed by atoms with Gasteiger partial charge in [0.1, 0.15) is 22.7 Å². The molecule has 3 rings (SSSR count). The molecule has 1 saturated carbocycles. The van der Waals surface area contributed by atoms with Crippen LogP contribution in [0.2, 0.25) is 5.15 Å². The maximum atomic E-state index is 11.4. The molecule has 2 N–H and O–H groups in total. The first-order chi connectivity index (χ1) is 12.0. The van der Waals surface area contributed by atoms with E-state index in [4.69, 9.17) is 22.1 Å². The number of halogens is 2. The number of aromatic nitrogens is 3. The van der Waals surface area contributed by atoms with Crippen LogP contribution < -0.4 is 5.73 Å². The van der Waals surface area contributed by atoms with Crippen molar-refractivity contribution in [2.45, 2.75) is 63.5 Å². The number of hydrogen-bond acceptors (Lipinski definition) is 4. The normalized spacial score (nSPS) is 23.7. The summed E-state index contributed by atoms with van der Waals surface area (Å²) in [4.78, 5) is 19.9. The van der Waals surface area contributed by atoms with Crippen molar-refractivity contribution in [2.75, 3.05) is 0 Å². The molecule has 1 fully saturated rings. The average molecular weight is 477 g/mol. The fourth-order valence-corrected chi connectivity index (χ4v) is 4.99. The van der Waals surface area contributed by atoms with E-state index in [1.807, 2.05) is 0 Å². The molecular formula is C17H22ClIN4O2. The van der Waals surface area contributed by atoms with E-state index in [9.17, 15) is 4.79 Å². The highest BCUT2D eigenvalue weighted by molar-refractivity contribution is 14.1. The van der Waals surface area contributed by atoms with Crippen molar-refractivity contribution in [3.05, 3.63) is 21.2 Å². The van der Waals surface area contributed by atoms with E-state index < -0.39 is 11.7 Å². The molecule has 1 amide bonds. The predicted molar refractivity (Wildman–Crippen MR) is 106 cm³/mol. The second kappa shape index (κ2) is 7.65. The van der Waals surface area contributed by atoms with Gasteiger partial charge in [0.05, 0.1) is 5.39 Å². The smallest absolute Gasteiger partial charge is 0.405 e. The van der Waals surface area contributed by atoms with Crippen molar-refractivity contribution in [1.82, 2.24) is 14.5 Å². The predicted octanol–water partition coefficient (Wildman–Crippen LogP) is 4.83. The molecule has 0 bridgehead atoms. The summed E-state index contributed by atoms with van der Waals surface area (Å²) in [7, 11) is 0. The molecule has 2 aromatic heterocycles. The summed E-state index contributed by atoms with van der Waals surface area (Å²) in [5.74, 6) is 0. The summed E-state index contributed by atoms with van der Waals surface area (Å²) in [5, 5.41) is 1.39. The van der Waals surface area contributed by atoms with Crippen molar-refractivity contribution in [1.29, 1.82) is 0 Å². The molecular weight excluding hydrogens is 455 g/mol. The highest BCUT2D eigenvalue weighted by Crippen LogP contribution is 2.42. The van der Waals surface area contributed by atoms with Crippen LogP contribution in [0, 0.1) is 3.57 Å². The minimum atomic E-state index is -0.671. The SMILES string of the molecule is CCCCC1(OC(N)=O)CCC(n2cc(I)c3c(Cl)ncnc32)CC1. The molecule has 0 aromatic carbocycles. The van der Waals surface area contributed by atoms with Crippen LogP contribution in [0.3, 0.4) is 0 Å². The molecule has 25 heavy (non-hydrogen) atoms. The first-order valence-electron chi connectivity index (χ1n) is 8.61. The van der Waals surface area contributed by atoms with Gasteiger partial charge >= 0.3 is 6.09 Å². The van der Waals surface area contributed by atoms with E-state index >= 15 is 0 Å². The molecule has 6 nitrogen and oxygen atoms in total. The van der Waals surface area contributed by atoms with Crippen LogP contribution in [0.1, 0.15) is 57.9 Å². The third-order valence-electron chi connectivity index (χ3n) is 5.08. The quantitative estimate of drug-likeness (QED) is 0.495. The number of rotatable bonds is 5. The monoisotopic (exact) mass is 476 g/mol. The maximum absolute atomic E-state index is 11.4. The number of carbonyl (C=O) groups excluding carboxylic acids is 1. The second-order valence-electron chi connectivity index (χ2n) is 6.69. The van der Waals surface area contributed by atoms with Gasteiger partial charge in [-0.1, -0.05) is 24.9 Å². The fraction of sp³-hybridized carbons (Fsp3) is 0.588. The lowest BCUT2D eigenvalue weighted by atomic mass is 9.79. The summed E-state index contributed by atoms with van der Waals surface area (Å²) in [6.45, 7) is 2.14. The van der Waals surface area contributed by atoms with E-state index in [2.05, 4.69) is 50.2 Å². The number of nitrogens with two attached hydrogens (primary N) is 1. The van der Waals surface area contributed by atoms with E-state index in [1.165, 1.54) is 6.33 Å². The fourth-order valence-electron chi connectivity index (χ4n) is 3.81. The Morgan fingerprint density at radius 2 is 2.20 bits per heavy atom. The second-order valence-corrected chi connectivity index (χ2v) is 8.21. The van der Waals surface area contributed by atoms with Gasteiger partial charge in [-0.3, -0.25) is 0 Å². The molecule has 2 heterocycles. The minimum absolute atomic E-state index is 0.309. The lowest BCUT2D eigenvalue weighted by Gasteiger charge is -2.39. The summed E-state index contributed by atoms with van der Waals surface area (Å²) < 4.78 is 8.80. The minimum Gasteiger partial charge on any atom is -0.443 e. The third-order valence-corrected chi connectivity index (χ3v) is 6.18. The zero-order valence-corrected chi connectivity index (χ0v) is 17.1. The lowest BCUT2D eigenvalue weighted by molar-refractivity contribution is -0.0284. The van der Waals surface area contributed by atoms with Gasteiger partial charge in [0.15, 0.2) is 0 Å². The third kappa shape index (κ3) is 3.86. The van der Waals surface area contributed by atoms with Crippen LogP contribution in [-0.2, 0) is 4.74 Å². The summed E-state index contributed by atoms with van der Waals surface area (Å²) in [6, 6.07) is 0.309. The number of unbranched alkanes of at least 4 members (excludes halogenated alkanes) is 1. The van der Waals surface area contributed by atoms with E-state index in [0.717, 1.165) is 59.5 Å². The van der Waals surface area contributed by atoms with Crippen molar-refractivity contribution in [3.8, 4) is 0 Å². The molecule has 0 unspecified atom stereocenters. The van der Waals surface area contributed by atoms with Crippen LogP contribution in [0.5, 0.6) is 0 Å². The van der Waals surface area contributed by atoms with Crippen LogP contribution in [-0.4, -0.2) is 26.2 Å². The van der Waals surface area contributed by atoms with Gasteiger partial charge in [0, 0.05) is 15.8 Å². The molecule has 0 saturated heterocycles. The van der Waals surface area contributed by atoms with Gasteiger partial charge < -0.3 is 15.0 Å². The molecule has 0 aliphatic heterocycles. The molecule has 0 radical (unpaired) electrons. The Labute approximate surface area is 165 Å². The van der Waals surface area contributed by atoms with Crippen LogP contribution in [0.15, 0.2) is 12.5 Å². The molecule has 136 valence electrons. The van der Waals surface area contributed by atoms with E-state index in [0.29, 0.717) is 11.2 Å². The molecule has 8 heteroatoms. The Kier molecular flexibility index (Phi) is 5.72. The van der Waals surface area contributed by atoms with Gasteiger partial charge in [-0.15, -0.1) is 0 Å². The summed E-state index contributed by atoms with van der Waals surface area (Å²) >= 11 is 8.50. The highest BCUT2D eigenvalue weighted by Gasteiger charge is 2.38. The van der Waals surface area contributed by atoms with Gasteiger partial charge in [-0.25, -0.2) is 14.8 Å². The number of primary amides is 1. The first-order valence-corrected chi connectivity index (χ1v) is 10.1. The van der Waals surface area contributed by atoms with Crippen LogP contribution in [0.4, 0.5) is 4.79 Å². The van der Waals surface area contributed by atoms with Crippen molar-refractivity contribution < 1.29 is 9.53 Å². The number of carbonyl (C=O) groups is 1. The van der Waals surface area contributed by atoms with Crippen molar-refractivity contribution in [3.63, 3.8) is 0 Å². The van der Waals surface area contributed by atoms with Crippen LogP contribution >= 0.6 is 34.2 Å². The van der Waals surface area contributed by atoms with E-state index in [1.54, 1.807) is 0 Å². The number of hydrogen-bond donors (Lipinski definition) is 1. The molecule has 1 aliphatic rings. The Hall–Kier alpha value is -1.09. The van der Waals surface area contributed by atoms with Gasteiger partial charge in [0.2, 0.25) is 0 Å². The Bertz CT molecular complexity index is 771. The van der Waals surface area contributed by atoms with Gasteiger partial charge in [-0.05, 0) is 61.1 Å². The Morgan fingerprint density at radius 1 is 1.48 bits per heavy atom. The lowest BCUT2D eigenvalue weighted by Crippen LogP contribution is -2.41. The van der Waals surface area contributed by atoms with Crippen LogP contribution in [0.25, 0.3) is 11.0 Å². The van der Waals surface area contributed by atoms with E-state index in [-0.39, 0.29) is 0 Å². The molecule has 0 spiro atoms.